The molecule has 4 N–H and O–H groups in total. The van der Waals surface area contributed by atoms with Crippen LogP contribution in [0.1, 0.15) is 43.6 Å². The number of aliphatic hydroxyl groups is 1. The van der Waals surface area contributed by atoms with Gasteiger partial charge in [-0.1, -0.05) is 24.4 Å². The van der Waals surface area contributed by atoms with Crippen LogP contribution in [0.15, 0.2) is 12.1 Å². The third-order valence-corrected chi connectivity index (χ3v) is 5.30. The van der Waals surface area contributed by atoms with Gasteiger partial charge in [0.1, 0.15) is 6.10 Å². The molecule has 1 heterocycles. The first-order valence-corrected chi connectivity index (χ1v) is 8.09. The molecule has 3 atom stereocenters. The highest BCUT2D eigenvalue weighted by Gasteiger charge is 2.37. The van der Waals surface area contributed by atoms with Gasteiger partial charge in [-0.25, -0.2) is 0 Å². The van der Waals surface area contributed by atoms with Gasteiger partial charge in [0.25, 0.3) is 0 Å². The Balaban J connectivity index is 1.88. The molecule has 0 spiro atoms. The number of thiophene rings is 1. The van der Waals surface area contributed by atoms with Gasteiger partial charge in [0, 0.05) is 17.0 Å². The number of aliphatic hydroxyl groups excluding tert-OH is 1. The first-order chi connectivity index (χ1) is 9.40. The summed E-state index contributed by atoms with van der Waals surface area (Å²) in [6.07, 6.45) is 3.08. The van der Waals surface area contributed by atoms with Crippen LogP contribution in [0.5, 0.6) is 0 Å². The van der Waals surface area contributed by atoms with Crippen molar-refractivity contribution in [2.24, 2.45) is 11.7 Å². The summed E-state index contributed by atoms with van der Waals surface area (Å²) in [4.78, 5) is 13.0. The highest BCUT2D eigenvalue weighted by molar-refractivity contribution is 7.16. The maximum atomic E-state index is 12.2. The minimum atomic E-state index is -0.718. The highest BCUT2D eigenvalue weighted by Crippen LogP contribution is 2.32. The molecule has 112 valence electrons. The Hall–Kier alpha value is -0.620. The summed E-state index contributed by atoms with van der Waals surface area (Å²) in [6, 6.07) is 3.52. The van der Waals surface area contributed by atoms with Crippen molar-refractivity contribution in [2.75, 3.05) is 6.54 Å². The Labute approximate surface area is 128 Å². The van der Waals surface area contributed by atoms with E-state index in [1.807, 2.05) is 6.92 Å². The predicted molar refractivity (Wildman–Crippen MR) is 81.8 cm³/mol. The van der Waals surface area contributed by atoms with Crippen molar-refractivity contribution in [3.05, 3.63) is 21.3 Å². The average Bonchev–Trinajstić information content (AvgIpc) is 2.82. The van der Waals surface area contributed by atoms with Crippen LogP contribution in [0, 0.1) is 5.92 Å². The third-order valence-electron chi connectivity index (χ3n) is 3.96. The summed E-state index contributed by atoms with van der Waals surface area (Å²) in [5, 5.41) is 12.8. The van der Waals surface area contributed by atoms with E-state index in [1.54, 1.807) is 12.1 Å². The van der Waals surface area contributed by atoms with Crippen LogP contribution in [-0.2, 0) is 4.79 Å². The molecule has 1 fully saturated rings. The number of nitrogens with two attached hydrogens (primary N) is 1. The maximum absolute atomic E-state index is 12.2. The molecule has 6 heteroatoms. The molecule has 1 aromatic rings. The molecule has 1 aliphatic carbocycles. The normalized spacial score (nSPS) is 28.1. The number of hydrogen-bond acceptors (Lipinski definition) is 4. The Morgan fingerprint density at radius 1 is 1.65 bits per heavy atom. The second-order valence-corrected chi connectivity index (χ2v) is 7.45. The number of halogens is 1. The first-order valence-electron chi connectivity index (χ1n) is 6.90. The SMILES string of the molecule is CC1(N)CCCCC1C(=O)NCC(O)c1ccc(Cl)s1. The number of carbonyl (C=O) groups is 1. The zero-order chi connectivity index (χ0) is 14.8. The van der Waals surface area contributed by atoms with Crippen LogP contribution in [0.4, 0.5) is 0 Å². The number of carbonyl (C=O) groups excluding carboxylic acids is 1. The standard InChI is InChI=1S/C14H21ClN2O2S/c1-14(16)7-3-2-4-9(14)13(19)17-8-10(18)11-5-6-12(15)20-11/h5-6,9-10,18H,2-4,7-8,16H2,1H3,(H,17,19). The predicted octanol–water partition coefficient (Wildman–Crippen LogP) is 2.46. The molecule has 2 rings (SSSR count). The lowest BCUT2D eigenvalue weighted by Gasteiger charge is -2.37. The van der Waals surface area contributed by atoms with Gasteiger partial charge >= 0.3 is 0 Å². The zero-order valence-corrected chi connectivity index (χ0v) is 13.1. The summed E-state index contributed by atoms with van der Waals surface area (Å²) >= 11 is 7.15. The average molecular weight is 317 g/mol. The molecule has 1 saturated carbocycles. The van der Waals surface area contributed by atoms with E-state index in [-0.39, 0.29) is 18.4 Å². The largest absolute Gasteiger partial charge is 0.386 e. The number of amides is 1. The van der Waals surface area contributed by atoms with E-state index in [4.69, 9.17) is 17.3 Å². The van der Waals surface area contributed by atoms with Crippen molar-refractivity contribution in [2.45, 2.75) is 44.2 Å². The second-order valence-electron chi connectivity index (χ2n) is 5.71. The fourth-order valence-corrected chi connectivity index (χ4v) is 3.76. The van der Waals surface area contributed by atoms with Crippen molar-refractivity contribution in [1.29, 1.82) is 0 Å². The molecule has 20 heavy (non-hydrogen) atoms. The molecule has 1 aliphatic rings. The fourth-order valence-electron chi connectivity index (χ4n) is 2.72. The molecular weight excluding hydrogens is 296 g/mol. The molecule has 3 unspecified atom stereocenters. The quantitative estimate of drug-likeness (QED) is 0.798. The van der Waals surface area contributed by atoms with E-state index in [9.17, 15) is 9.90 Å². The van der Waals surface area contributed by atoms with Crippen molar-refractivity contribution in [3.8, 4) is 0 Å². The number of rotatable bonds is 4. The monoisotopic (exact) mass is 316 g/mol. The Morgan fingerprint density at radius 2 is 2.40 bits per heavy atom. The Bertz CT molecular complexity index is 475. The lowest BCUT2D eigenvalue weighted by atomic mass is 9.74. The van der Waals surface area contributed by atoms with Crippen LogP contribution in [0.2, 0.25) is 4.34 Å². The Kier molecular flexibility index (Phi) is 5.07. The molecule has 0 radical (unpaired) electrons. The highest BCUT2D eigenvalue weighted by atomic mass is 35.5. The van der Waals surface area contributed by atoms with E-state index in [2.05, 4.69) is 5.32 Å². The van der Waals surface area contributed by atoms with E-state index >= 15 is 0 Å². The van der Waals surface area contributed by atoms with Gasteiger partial charge in [-0.15, -0.1) is 11.3 Å². The summed E-state index contributed by atoms with van der Waals surface area (Å²) in [7, 11) is 0. The van der Waals surface area contributed by atoms with Crippen LogP contribution in [-0.4, -0.2) is 23.1 Å². The molecule has 0 bridgehead atoms. The number of hydrogen-bond donors (Lipinski definition) is 3. The summed E-state index contributed by atoms with van der Waals surface area (Å²) in [5.41, 5.74) is 5.76. The van der Waals surface area contributed by atoms with Gasteiger partial charge < -0.3 is 16.2 Å². The van der Waals surface area contributed by atoms with E-state index in [0.717, 1.165) is 30.6 Å². The lowest BCUT2D eigenvalue weighted by Crippen LogP contribution is -2.53. The minimum absolute atomic E-state index is 0.0589. The van der Waals surface area contributed by atoms with Gasteiger partial charge in [0.05, 0.1) is 10.3 Å². The third kappa shape index (κ3) is 3.73. The molecule has 0 aliphatic heterocycles. The van der Waals surface area contributed by atoms with Gasteiger partial charge in [-0.3, -0.25) is 4.79 Å². The summed E-state index contributed by atoms with van der Waals surface area (Å²) in [6.45, 7) is 2.13. The lowest BCUT2D eigenvalue weighted by molar-refractivity contribution is -0.128. The second kappa shape index (κ2) is 6.43. The molecule has 0 aromatic carbocycles. The van der Waals surface area contributed by atoms with Crippen LogP contribution < -0.4 is 11.1 Å². The van der Waals surface area contributed by atoms with E-state index < -0.39 is 11.6 Å². The molecular formula is C14H21ClN2O2S. The van der Waals surface area contributed by atoms with Gasteiger partial charge in [0.2, 0.25) is 5.91 Å². The van der Waals surface area contributed by atoms with Crippen LogP contribution in [0.3, 0.4) is 0 Å². The summed E-state index contributed by atoms with van der Waals surface area (Å²) in [5.74, 6) is -0.230. The van der Waals surface area contributed by atoms with Crippen LogP contribution >= 0.6 is 22.9 Å². The van der Waals surface area contributed by atoms with Crippen molar-refractivity contribution < 1.29 is 9.90 Å². The number of nitrogens with one attached hydrogen (secondary N) is 1. The van der Waals surface area contributed by atoms with Crippen molar-refractivity contribution in [3.63, 3.8) is 0 Å². The summed E-state index contributed by atoms with van der Waals surface area (Å²) < 4.78 is 0.632. The van der Waals surface area contributed by atoms with Crippen LogP contribution in [0.25, 0.3) is 0 Å². The first kappa shape index (κ1) is 15.8. The fraction of sp³-hybridized carbons (Fsp3) is 0.643. The van der Waals surface area contributed by atoms with E-state index in [0.29, 0.717) is 4.34 Å². The molecule has 1 amide bonds. The minimum Gasteiger partial charge on any atom is -0.386 e. The van der Waals surface area contributed by atoms with Gasteiger partial charge in [0.15, 0.2) is 0 Å². The molecule has 0 saturated heterocycles. The van der Waals surface area contributed by atoms with E-state index in [1.165, 1.54) is 11.3 Å². The van der Waals surface area contributed by atoms with Gasteiger partial charge in [-0.2, -0.15) is 0 Å². The molecule has 4 nitrogen and oxygen atoms in total. The van der Waals surface area contributed by atoms with Crippen molar-refractivity contribution >= 4 is 28.8 Å². The van der Waals surface area contributed by atoms with Crippen molar-refractivity contribution in [1.82, 2.24) is 5.32 Å². The zero-order valence-electron chi connectivity index (χ0n) is 11.6. The maximum Gasteiger partial charge on any atom is 0.225 e. The smallest absolute Gasteiger partial charge is 0.225 e. The Morgan fingerprint density at radius 3 is 3.00 bits per heavy atom. The molecule has 1 aromatic heterocycles. The van der Waals surface area contributed by atoms with Gasteiger partial charge in [-0.05, 0) is 31.9 Å². The topological polar surface area (TPSA) is 75.4 Å².